The summed E-state index contributed by atoms with van der Waals surface area (Å²) in [7, 11) is 0. The topological polar surface area (TPSA) is 49.3 Å². The van der Waals surface area contributed by atoms with E-state index in [0.717, 1.165) is 6.54 Å². The van der Waals surface area contributed by atoms with Crippen molar-refractivity contribution in [2.45, 2.75) is 6.92 Å². The molecule has 2 atom stereocenters. The third kappa shape index (κ3) is 1.85. The summed E-state index contributed by atoms with van der Waals surface area (Å²) in [5, 5.41) is 11.6. The first-order chi connectivity index (χ1) is 4.22. The summed E-state index contributed by atoms with van der Waals surface area (Å²) in [6, 6.07) is 0. The zero-order chi connectivity index (χ0) is 6.85. The number of halogens is 1. The van der Waals surface area contributed by atoms with Gasteiger partial charge in [-0.05, 0) is 12.5 Å². The Bertz CT molecular complexity index is 129. The highest BCUT2D eigenvalue weighted by Crippen LogP contribution is 2.14. The summed E-state index contributed by atoms with van der Waals surface area (Å²) in [6.45, 7) is 3.44. The number of carboxylic acid groups (broad SMARTS) is 1. The Labute approximate surface area is 66.2 Å². The molecule has 0 radical (unpaired) electrons. The lowest BCUT2D eigenvalue weighted by Gasteiger charge is -2.05. The summed E-state index contributed by atoms with van der Waals surface area (Å²) < 4.78 is 0. The van der Waals surface area contributed by atoms with Gasteiger partial charge in [-0.25, -0.2) is 0 Å². The molecule has 10 heavy (non-hydrogen) atoms. The van der Waals surface area contributed by atoms with Gasteiger partial charge in [0.2, 0.25) is 0 Å². The monoisotopic (exact) mass is 165 g/mol. The van der Waals surface area contributed by atoms with Crippen LogP contribution in [0.1, 0.15) is 6.92 Å². The number of aliphatic carboxylic acids is 1. The van der Waals surface area contributed by atoms with Gasteiger partial charge in [0, 0.05) is 6.54 Å². The van der Waals surface area contributed by atoms with E-state index in [0.29, 0.717) is 12.5 Å². The fraction of sp³-hybridized carbons (Fsp3) is 0.833. The van der Waals surface area contributed by atoms with Crippen molar-refractivity contribution < 1.29 is 9.90 Å². The maximum atomic E-state index is 10.4. The molecule has 0 aromatic heterocycles. The van der Waals surface area contributed by atoms with Crippen LogP contribution < -0.4 is 5.32 Å². The highest BCUT2D eigenvalue weighted by atomic mass is 35.5. The minimum atomic E-state index is -0.674. The first-order valence-electron chi connectivity index (χ1n) is 3.15. The molecule has 1 unspecified atom stereocenters. The van der Waals surface area contributed by atoms with Gasteiger partial charge in [-0.3, -0.25) is 4.79 Å². The molecule has 0 bridgehead atoms. The van der Waals surface area contributed by atoms with Crippen molar-refractivity contribution >= 4 is 18.4 Å². The molecule has 1 aliphatic heterocycles. The zero-order valence-corrected chi connectivity index (χ0v) is 6.65. The van der Waals surface area contributed by atoms with E-state index in [2.05, 4.69) is 5.32 Å². The minimum Gasteiger partial charge on any atom is -0.481 e. The number of carboxylic acids is 1. The SMILES string of the molecule is C[C@@H]1CNCC1C(=O)O.Cl. The highest BCUT2D eigenvalue weighted by Gasteiger charge is 2.28. The predicted molar refractivity (Wildman–Crippen MR) is 40.4 cm³/mol. The number of carbonyl (C=O) groups is 1. The number of hydrogen-bond acceptors (Lipinski definition) is 2. The van der Waals surface area contributed by atoms with Gasteiger partial charge in [-0.1, -0.05) is 6.92 Å². The minimum absolute atomic E-state index is 0. The molecule has 1 aliphatic rings. The van der Waals surface area contributed by atoms with Crippen molar-refractivity contribution in [1.29, 1.82) is 0 Å². The van der Waals surface area contributed by atoms with Crippen LogP contribution in [0.5, 0.6) is 0 Å². The van der Waals surface area contributed by atoms with E-state index in [9.17, 15) is 4.79 Å². The molecule has 0 amide bonds. The zero-order valence-electron chi connectivity index (χ0n) is 5.83. The van der Waals surface area contributed by atoms with Crippen LogP contribution in [-0.2, 0) is 4.79 Å². The molecule has 60 valence electrons. The van der Waals surface area contributed by atoms with Crippen LogP contribution in [0.15, 0.2) is 0 Å². The summed E-state index contributed by atoms with van der Waals surface area (Å²) in [5.41, 5.74) is 0. The average molecular weight is 166 g/mol. The van der Waals surface area contributed by atoms with E-state index < -0.39 is 5.97 Å². The molecule has 0 aromatic carbocycles. The lowest BCUT2D eigenvalue weighted by molar-refractivity contribution is -0.142. The molecule has 0 saturated carbocycles. The van der Waals surface area contributed by atoms with Gasteiger partial charge in [0.25, 0.3) is 0 Å². The van der Waals surface area contributed by atoms with Gasteiger partial charge >= 0.3 is 5.97 Å². The van der Waals surface area contributed by atoms with Crippen molar-refractivity contribution in [3.05, 3.63) is 0 Å². The van der Waals surface area contributed by atoms with Gasteiger partial charge < -0.3 is 10.4 Å². The third-order valence-corrected chi connectivity index (χ3v) is 1.83. The van der Waals surface area contributed by atoms with Crippen molar-refractivity contribution in [2.24, 2.45) is 11.8 Å². The quantitative estimate of drug-likeness (QED) is 0.590. The summed E-state index contributed by atoms with van der Waals surface area (Å²) in [4.78, 5) is 10.4. The third-order valence-electron chi connectivity index (χ3n) is 1.83. The van der Waals surface area contributed by atoms with E-state index in [-0.39, 0.29) is 18.3 Å². The second-order valence-corrected chi connectivity index (χ2v) is 2.58. The Balaban J connectivity index is 0.000000810. The highest BCUT2D eigenvalue weighted by molar-refractivity contribution is 5.85. The maximum Gasteiger partial charge on any atom is 0.308 e. The second kappa shape index (κ2) is 3.78. The van der Waals surface area contributed by atoms with Crippen molar-refractivity contribution in [2.75, 3.05) is 13.1 Å². The van der Waals surface area contributed by atoms with Crippen LogP contribution in [0.3, 0.4) is 0 Å². The van der Waals surface area contributed by atoms with E-state index >= 15 is 0 Å². The smallest absolute Gasteiger partial charge is 0.308 e. The number of nitrogens with one attached hydrogen (secondary N) is 1. The van der Waals surface area contributed by atoms with Crippen molar-refractivity contribution in [3.8, 4) is 0 Å². The summed E-state index contributed by atoms with van der Waals surface area (Å²) >= 11 is 0. The summed E-state index contributed by atoms with van der Waals surface area (Å²) in [6.07, 6.45) is 0. The lowest BCUT2D eigenvalue weighted by atomic mass is 9.99. The number of rotatable bonds is 1. The van der Waals surface area contributed by atoms with Gasteiger partial charge in [0.05, 0.1) is 5.92 Å². The second-order valence-electron chi connectivity index (χ2n) is 2.58. The molecule has 0 aromatic rings. The molecule has 0 spiro atoms. The molecule has 3 nitrogen and oxygen atoms in total. The molecule has 0 aliphatic carbocycles. The molecular weight excluding hydrogens is 154 g/mol. The van der Waals surface area contributed by atoms with Gasteiger partial charge in [-0.2, -0.15) is 0 Å². The Morgan fingerprint density at radius 3 is 2.40 bits per heavy atom. The van der Waals surface area contributed by atoms with Crippen molar-refractivity contribution in [1.82, 2.24) is 5.32 Å². The molecule has 2 N–H and O–H groups in total. The van der Waals surface area contributed by atoms with Crippen LogP contribution in [0.25, 0.3) is 0 Å². The molecule has 1 fully saturated rings. The Morgan fingerprint density at radius 1 is 1.60 bits per heavy atom. The van der Waals surface area contributed by atoms with Gasteiger partial charge in [0.15, 0.2) is 0 Å². The molecule has 1 rings (SSSR count). The van der Waals surface area contributed by atoms with Crippen LogP contribution in [0.4, 0.5) is 0 Å². The average Bonchev–Trinajstić information content (AvgIpc) is 2.13. The van der Waals surface area contributed by atoms with E-state index in [1.165, 1.54) is 0 Å². The van der Waals surface area contributed by atoms with Crippen LogP contribution in [0, 0.1) is 11.8 Å². The Morgan fingerprint density at radius 2 is 2.20 bits per heavy atom. The first kappa shape index (κ1) is 9.72. The van der Waals surface area contributed by atoms with Crippen LogP contribution >= 0.6 is 12.4 Å². The van der Waals surface area contributed by atoms with Gasteiger partial charge in [-0.15, -0.1) is 12.4 Å². The van der Waals surface area contributed by atoms with E-state index in [1.54, 1.807) is 0 Å². The van der Waals surface area contributed by atoms with Crippen LogP contribution in [0.2, 0.25) is 0 Å². The van der Waals surface area contributed by atoms with Gasteiger partial charge in [0.1, 0.15) is 0 Å². The molecule has 4 heteroatoms. The first-order valence-corrected chi connectivity index (χ1v) is 3.15. The fourth-order valence-corrected chi connectivity index (χ4v) is 1.14. The Kier molecular flexibility index (Phi) is 3.68. The lowest BCUT2D eigenvalue weighted by Crippen LogP contribution is -2.20. The fourth-order valence-electron chi connectivity index (χ4n) is 1.14. The summed E-state index contributed by atoms with van der Waals surface area (Å²) in [5.74, 6) is -0.542. The molecular formula is C6H12ClNO2. The molecule has 1 heterocycles. The number of hydrogen-bond donors (Lipinski definition) is 2. The normalized spacial score (nSPS) is 31.3. The predicted octanol–water partition coefficient (Wildman–Crippen LogP) is 0.348. The molecule has 1 saturated heterocycles. The van der Waals surface area contributed by atoms with E-state index in [4.69, 9.17) is 5.11 Å². The van der Waals surface area contributed by atoms with E-state index in [1.807, 2.05) is 6.92 Å². The van der Waals surface area contributed by atoms with Crippen LogP contribution in [-0.4, -0.2) is 24.2 Å². The standard InChI is InChI=1S/C6H11NO2.ClH/c1-4-2-7-3-5(4)6(8)9;/h4-5,7H,2-3H2,1H3,(H,8,9);1H/t4-,5?;/m1./s1. The van der Waals surface area contributed by atoms with Crippen molar-refractivity contribution in [3.63, 3.8) is 0 Å². The largest absolute Gasteiger partial charge is 0.481 e. The Hall–Kier alpha value is -0.280. The maximum absolute atomic E-state index is 10.4.